The molecule has 1 aromatic rings. The highest BCUT2D eigenvalue weighted by molar-refractivity contribution is 5.44. The minimum absolute atomic E-state index is 0.0326. The number of hydrogen-bond acceptors (Lipinski definition) is 3. The van der Waals surface area contributed by atoms with Crippen LogP contribution in [0.1, 0.15) is 51.6 Å². The van der Waals surface area contributed by atoms with Crippen LogP contribution in [0.2, 0.25) is 0 Å². The number of hydrogen-bond donors (Lipinski definition) is 1. The van der Waals surface area contributed by atoms with E-state index in [2.05, 4.69) is 20.8 Å². The maximum Gasteiger partial charge on any atom is 0.125 e. The van der Waals surface area contributed by atoms with Gasteiger partial charge in [-0.05, 0) is 42.4 Å². The second kappa shape index (κ2) is 4.39. The highest BCUT2D eigenvalue weighted by Crippen LogP contribution is 2.55. The lowest BCUT2D eigenvalue weighted by Crippen LogP contribution is -2.45. The van der Waals surface area contributed by atoms with E-state index in [0.717, 1.165) is 29.9 Å². The monoisotopic (exact) mass is 275 g/mol. The first-order chi connectivity index (χ1) is 9.35. The first-order valence-corrected chi connectivity index (χ1v) is 7.48. The van der Waals surface area contributed by atoms with Crippen LogP contribution in [0, 0.1) is 11.3 Å². The van der Waals surface area contributed by atoms with Crippen molar-refractivity contribution in [2.45, 2.75) is 51.7 Å². The van der Waals surface area contributed by atoms with Crippen molar-refractivity contribution >= 4 is 0 Å². The predicted octanol–water partition coefficient (Wildman–Crippen LogP) is 3.67. The molecule has 1 aliphatic carbocycles. The van der Waals surface area contributed by atoms with Gasteiger partial charge in [0.1, 0.15) is 17.1 Å². The summed E-state index contributed by atoms with van der Waals surface area (Å²) in [6.45, 7) is 6.96. The van der Waals surface area contributed by atoms with Crippen LogP contribution in [-0.2, 0) is 0 Å². The van der Waals surface area contributed by atoms with Gasteiger partial charge in [0, 0.05) is 18.0 Å². The third-order valence-corrected chi connectivity index (χ3v) is 5.03. The molecule has 3 rings (SSSR count). The Morgan fingerprint density at radius 1 is 1.30 bits per heavy atom. The van der Waals surface area contributed by atoms with Gasteiger partial charge in [-0.2, -0.15) is 0 Å². The normalized spacial score (nSPS) is 34.6. The van der Waals surface area contributed by atoms with E-state index in [1.165, 1.54) is 6.42 Å². The molecule has 0 bridgehead atoms. The summed E-state index contributed by atoms with van der Waals surface area (Å²) < 4.78 is 11.8. The molecule has 2 aliphatic rings. The van der Waals surface area contributed by atoms with Gasteiger partial charge in [0.2, 0.25) is 0 Å². The molecule has 2 unspecified atom stereocenters. The van der Waals surface area contributed by atoms with Crippen molar-refractivity contribution in [1.82, 2.24) is 0 Å². The van der Waals surface area contributed by atoms with Gasteiger partial charge in [-0.3, -0.25) is 0 Å². The van der Waals surface area contributed by atoms with Crippen LogP contribution in [-0.4, -0.2) is 12.7 Å². The summed E-state index contributed by atoms with van der Waals surface area (Å²) in [4.78, 5) is 0. The van der Waals surface area contributed by atoms with E-state index in [9.17, 15) is 0 Å². The Balaban J connectivity index is 1.97. The Bertz CT molecular complexity index is 526. The maximum atomic E-state index is 6.46. The lowest BCUT2D eigenvalue weighted by atomic mass is 9.80. The Morgan fingerprint density at radius 3 is 2.65 bits per heavy atom. The standard InChI is InChI=1S/C17H25NO2/c1-11-8-16(2,3)10-17(11)9-14(18)13-7-12(19-4)5-6-15(13)20-17/h5-7,11,14H,8-10,18H2,1-4H3/t11?,14-,17?/m0/s1. The van der Waals surface area contributed by atoms with E-state index < -0.39 is 0 Å². The number of methoxy groups -OCH3 is 1. The van der Waals surface area contributed by atoms with E-state index >= 15 is 0 Å². The van der Waals surface area contributed by atoms with E-state index in [-0.39, 0.29) is 11.6 Å². The number of nitrogens with two attached hydrogens (primary N) is 1. The van der Waals surface area contributed by atoms with Crippen molar-refractivity contribution in [1.29, 1.82) is 0 Å². The molecule has 3 atom stereocenters. The molecule has 0 saturated heterocycles. The van der Waals surface area contributed by atoms with Gasteiger partial charge in [-0.1, -0.05) is 20.8 Å². The lowest BCUT2D eigenvalue weighted by Gasteiger charge is -2.42. The number of fused-ring (bicyclic) bond motifs is 1. The van der Waals surface area contributed by atoms with Crippen molar-refractivity contribution < 1.29 is 9.47 Å². The minimum Gasteiger partial charge on any atom is -0.497 e. The lowest BCUT2D eigenvalue weighted by molar-refractivity contribution is 0.00173. The smallest absolute Gasteiger partial charge is 0.125 e. The number of rotatable bonds is 1. The average molecular weight is 275 g/mol. The molecule has 2 N–H and O–H groups in total. The van der Waals surface area contributed by atoms with E-state index in [4.69, 9.17) is 15.2 Å². The fourth-order valence-electron chi connectivity index (χ4n) is 4.26. The Labute approximate surface area is 121 Å². The van der Waals surface area contributed by atoms with E-state index in [0.29, 0.717) is 11.3 Å². The summed E-state index contributed by atoms with van der Waals surface area (Å²) in [5.41, 5.74) is 7.76. The van der Waals surface area contributed by atoms with Crippen LogP contribution in [0.5, 0.6) is 11.5 Å². The zero-order valence-electron chi connectivity index (χ0n) is 12.9. The summed E-state index contributed by atoms with van der Waals surface area (Å²) in [6, 6.07) is 6.00. The van der Waals surface area contributed by atoms with Crippen LogP contribution >= 0.6 is 0 Å². The van der Waals surface area contributed by atoms with E-state index in [1.54, 1.807) is 7.11 Å². The van der Waals surface area contributed by atoms with Crippen molar-refractivity contribution in [3.63, 3.8) is 0 Å². The summed E-state index contributed by atoms with van der Waals surface area (Å²) in [6.07, 6.45) is 3.18. The summed E-state index contributed by atoms with van der Waals surface area (Å²) in [5.74, 6) is 2.33. The highest BCUT2D eigenvalue weighted by Gasteiger charge is 2.53. The maximum absolute atomic E-state index is 6.46. The predicted molar refractivity (Wildman–Crippen MR) is 80.1 cm³/mol. The van der Waals surface area contributed by atoms with Gasteiger partial charge >= 0.3 is 0 Å². The molecular formula is C17H25NO2. The van der Waals surface area contributed by atoms with Crippen molar-refractivity contribution in [2.75, 3.05) is 7.11 Å². The third-order valence-electron chi connectivity index (χ3n) is 5.03. The second-order valence-electron chi connectivity index (χ2n) is 7.33. The fraction of sp³-hybridized carbons (Fsp3) is 0.647. The number of ether oxygens (including phenoxy) is 2. The molecule has 1 saturated carbocycles. The molecule has 3 nitrogen and oxygen atoms in total. The molecule has 1 spiro atoms. The third kappa shape index (κ3) is 2.08. The van der Waals surface area contributed by atoms with Crippen LogP contribution in [0.25, 0.3) is 0 Å². The Hall–Kier alpha value is -1.22. The first-order valence-electron chi connectivity index (χ1n) is 7.48. The van der Waals surface area contributed by atoms with Crippen LogP contribution in [0.4, 0.5) is 0 Å². The molecule has 1 aromatic carbocycles. The summed E-state index contributed by atoms with van der Waals surface area (Å²) >= 11 is 0. The minimum atomic E-state index is -0.0928. The first kappa shape index (κ1) is 13.7. The number of benzene rings is 1. The Kier molecular flexibility index (Phi) is 3.02. The molecule has 0 amide bonds. The molecule has 0 radical (unpaired) electrons. The van der Waals surface area contributed by atoms with Gasteiger partial charge in [0.15, 0.2) is 0 Å². The fourth-order valence-corrected chi connectivity index (χ4v) is 4.26. The van der Waals surface area contributed by atoms with Crippen molar-refractivity contribution in [3.05, 3.63) is 23.8 Å². The van der Waals surface area contributed by atoms with Gasteiger partial charge in [-0.15, -0.1) is 0 Å². The zero-order valence-corrected chi connectivity index (χ0v) is 12.9. The highest BCUT2D eigenvalue weighted by atomic mass is 16.5. The largest absolute Gasteiger partial charge is 0.497 e. The quantitative estimate of drug-likeness (QED) is 0.850. The molecule has 20 heavy (non-hydrogen) atoms. The summed E-state index contributed by atoms with van der Waals surface area (Å²) in [7, 11) is 1.68. The molecule has 3 heteroatoms. The van der Waals surface area contributed by atoms with Crippen LogP contribution in [0.15, 0.2) is 18.2 Å². The molecule has 0 aromatic heterocycles. The van der Waals surface area contributed by atoms with Crippen molar-refractivity contribution in [3.8, 4) is 11.5 Å². The zero-order chi connectivity index (χ0) is 14.5. The molecule has 1 aliphatic heterocycles. The van der Waals surface area contributed by atoms with E-state index in [1.807, 2.05) is 18.2 Å². The molecule has 1 heterocycles. The Morgan fingerprint density at radius 2 is 2.05 bits per heavy atom. The van der Waals surface area contributed by atoms with Gasteiger partial charge in [0.25, 0.3) is 0 Å². The van der Waals surface area contributed by atoms with Gasteiger partial charge in [0.05, 0.1) is 7.11 Å². The van der Waals surface area contributed by atoms with Crippen molar-refractivity contribution in [2.24, 2.45) is 17.1 Å². The molecule has 1 fully saturated rings. The second-order valence-corrected chi connectivity index (χ2v) is 7.33. The SMILES string of the molecule is COc1ccc2c(c1)[C@@H](N)CC1(CC(C)(C)CC1C)O2. The topological polar surface area (TPSA) is 44.5 Å². The van der Waals surface area contributed by atoms with Crippen LogP contribution in [0.3, 0.4) is 0 Å². The van der Waals surface area contributed by atoms with Crippen LogP contribution < -0.4 is 15.2 Å². The average Bonchev–Trinajstić information content (AvgIpc) is 2.58. The molecular weight excluding hydrogens is 250 g/mol. The summed E-state index contributed by atoms with van der Waals surface area (Å²) in [5, 5.41) is 0. The van der Waals surface area contributed by atoms with Gasteiger partial charge in [-0.25, -0.2) is 0 Å². The van der Waals surface area contributed by atoms with Gasteiger partial charge < -0.3 is 15.2 Å². The molecule has 110 valence electrons.